The molecule has 0 unspecified atom stereocenters. The number of carbonyl (C=O) groups is 1. The Morgan fingerprint density at radius 1 is 1.26 bits per heavy atom. The maximum absolute atomic E-state index is 13.5. The van der Waals surface area contributed by atoms with Gasteiger partial charge >= 0.3 is 5.92 Å². The van der Waals surface area contributed by atoms with Crippen LogP contribution in [0.1, 0.15) is 66.2 Å². The van der Waals surface area contributed by atoms with Crippen molar-refractivity contribution in [3.05, 3.63) is 23.0 Å². The molecule has 19 heavy (non-hydrogen) atoms. The van der Waals surface area contributed by atoms with Crippen molar-refractivity contribution in [1.82, 2.24) is 4.57 Å². The van der Waals surface area contributed by atoms with Crippen LogP contribution in [0.2, 0.25) is 0 Å². The fourth-order valence-corrected chi connectivity index (χ4v) is 3.53. The molecule has 2 nitrogen and oxygen atoms in total. The number of nitrogens with zero attached hydrogens (tertiary/aromatic N) is 1. The Hall–Kier alpha value is -1.19. The van der Waals surface area contributed by atoms with Crippen molar-refractivity contribution in [3.8, 4) is 0 Å². The Balaban J connectivity index is 2.01. The standard InChI is InChI=1S/C15H19F2NO/c1-10-9-18(11-5-3-2-4-6-11)12-7-8-15(16,17)14(19)13(10)12/h9,11H,2-8H2,1H3. The fraction of sp³-hybridized carbons (Fsp3) is 0.667. The quantitative estimate of drug-likeness (QED) is 0.752. The third-order valence-corrected chi connectivity index (χ3v) is 4.53. The number of hydrogen-bond acceptors (Lipinski definition) is 1. The van der Waals surface area contributed by atoms with Gasteiger partial charge in [0.15, 0.2) is 0 Å². The molecular weight excluding hydrogens is 248 g/mol. The second-order valence-electron chi connectivity index (χ2n) is 5.87. The SMILES string of the molecule is Cc1cn(C2CCCCC2)c2c1C(=O)C(F)(F)CC2. The van der Waals surface area contributed by atoms with E-state index in [4.69, 9.17) is 0 Å². The monoisotopic (exact) mass is 267 g/mol. The number of aryl methyl sites for hydroxylation is 1. The molecule has 0 spiro atoms. The number of halogens is 2. The summed E-state index contributed by atoms with van der Waals surface area (Å²) >= 11 is 0. The van der Waals surface area contributed by atoms with Crippen LogP contribution < -0.4 is 0 Å². The Labute approximate surface area is 111 Å². The number of ketones is 1. The zero-order valence-corrected chi connectivity index (χ0v) is 11.2. The van der Waals surface area contributed by atoms with Crippen LogP contribution in [0.15, 0.2) is 6.20 Å². The smallest absolute Gasteiger partial charge is 0.310 e. The van der Waals surface area contributed by atoms with Gasteiger partial charge in [0.2, 0.25) is 5.78 Å². The molecule has 1 fully saturated rings. The number of fused-ring (bicyclic) bond motifs is 1. The summed E-state index contributed by atoms with van der Waals surface area (Å²) in [6.07, 6.45) is 7.75. The molecular formula is C15H19F2NO. The first-order valence-electron chi connectivity index (χ1n) is 7.13. The number of aromatic nitrogens is 1. The van der Waals surface area contributed by atoms with Gasteiger partial charge in [-0.3, -0.25) is 4.79 Å². The summed E-state index contributed by atoms with van der Waals surface area (Å²) in [5.41, 5.74) is 1.85. The maximum atomic E-state index is 13.5. The van der Waals surface area contributed by atoms with E-state index in [2.05, 4.69) is 4.57 Å². The average molecular weight is 267 g/mol. The van der Waals surface area contributed by atoms with Crippen molar-refractivity contribution in [2.45, 2.75) is 63.8 Å². The van der Waals surface area contributed by atoms with Gasteiger partial charge in [0.1, 0.15) is 0 Å². The molecule has 0 saturated heterocycles. The zero-order chi connectivity index (χ0) is 13.6. The van der Waals surface area contributed by atoms with Crippen LogP contribution in [-0.4, -0.2) is 16.3 Å². The van der Waals surface area contributed by atoms with E-state index in [1.165, 1.54) is 19.3 Å². The van der Waals surface area contributed by atoms with Crippen molar-refractivity contribution in [1.29, 1.82) is 0 Å². The fourth-order valence-electron chi connectivity index (χ4n) is 3.53. The first-order chi connectivity index (χ1) is 9.00. The molecule has 2 aliphatic rings. The summed E-state index contributed by atoms with van der Waals surface area (Å²) in [4.78, 5) is 11.9. The molecule has 1 aromatic rings. The number of rotatable bonds is 1. The molecule has 3 rings (SSSR count). The summed E-state index contributed by atoms with van der Waals surface area (Å²) < 4.78 is 29.2. The Kier molecular flexibility index (Phi) is 2.99. The zero-order valence-electron chi connectivity index (χ0n) is 11.2. The minimum atomic E-state index is -3.17. The Morgan fingerprint density at radius 2 is 1.95 bits per heavy atom. The lowest BCUT2D eigenvalue weighted by atomic mass is 9.90. The van der Waals surface area contributed by atoms with Crippen LogP contribution in [0.25, 0.3) is 0 Å². The van der Waals surface area contributed by atoms with Gasteiger partial charge in [-0.25, -0.2) is 0 Å². The van der Waals surface area contributed by atoms with E-state index in [9.17, 15) is 13.6 Å². The molecule has 0 radical (unpaired) electrons. The summed E-state index contributed by atoms with van der Waals surface area (Å²) in [7, 11) is 0. The minimum absolute atomic E-state index is 0.293. The number of hydrogen-bond donors (Lipinski definition) is 0. The average Bonchev–Trinajstić information content (AvgIpc) is 2.73. The lowest BCUT2D eigenvalue weighted by Crippen LogP contribution is -2.35. The van der Waals surface area contributed by atoms with Gasteiger partial charge in [-0.1, -0.05) is 19.3 Å². The molecule has 0 atom stereocenters. The molecule has 0 bridgehead atoms. The normalized spacial score (nSPS) is 23.4. The molecule has 0 amide bonds. The van der Waals surface area contributed by atoms with Crippen LogP contribution in [-0.2, 0) is 6.42 Å². The summed E-state index contributed by atoms with van der Waals surface area (Å²) in [6, 6.07) is 0.399. The summed E-state index contributed by atoms with van der Waals surface area (Å²) in [5.74, 6) is -4.14. The molecule has 0 N–H and O–H groups in total. The number of carbonyl (C=O) groups excluding carboxylic acids is 1. The predicted molar refractivity (Wildman–Crippen MR) is 68.9 cm³/mol. The van der Waals surface area contributed by atoms with Gasteiger partial charge in [-0.05, 0) is 31.7 Å². The molecule has 104 valence electrons. The van der Waals surface area contributed by atoms with E-state index < -0.39 is 11.7 Å². The number of alkyl halides is 2. The summed E-state index contributed by atoms with van der Waals surface area (Å²) in [6.45, 7) is 1.78. The van der Waals surface area contributed by atoms with Gasteiger partial charge in [0, 0.05) is 29.9 Å². The van der Waals surface area contributed by atoms with E-state index in [0.29, 0.717) is 23.6 Å². The van der Waals surface area contributed by atoms with Gasteiger partial charge in [-0.2, -0.15) is 8.78 Å². The predicted octanol–water partition coefficient (Wildman–Crippen LogP) is 4.07. The van der Waals surface area contributed by atoms with Crippen molar-refractivity contribution >= 4 is 5.78 Å². The topological polar surface area (TPSA) is 22.0 Å². The third-order valence-electron chi connectivity index (χ3n) is 4.53. The van der Waals surface area contributed by atoms with E-state index in [1.54, 1.807) is 6.92 Å². The van der Waals surface area contributed by atoms with E-state index in [0.717, 1.165) is 18.5 Å². The van der Waals surface area contributed by atoms with Gasteiger partial charge in [0.05, 0.1) is 0 Å². The van der Waals surface area contributed by atoms with Crippen LogP contribution >= 0.6 is 0 Å². The molecule has 4 heteroatoms. The van der Waals surface area contributed by atoms with Crippen molar-refractivity contribution in [2.24, 2.45) is 0 Å². The van der Waals surface area contributed by atoms with E-state index in [-0.39, 0.29) is 6.42 Å². The Morgan fingerprint density at radius 3 is 2.63 bits per heavy atom. The number of Topliss-reactive ketones (excluding diaryl/α,β-unsaturated/α-hetero) is 1. The van der Waals surface area contributed by atoms with Crippen molar-refractivity contribution in [3.63, 3.8) is 0 Å². The highest BCUT2D eigenvalue weighted by Gasteiger charge is 2.45. The van der Waals surface area contributed by atoms with Crippen LogP contribution in [0, 0.1) is 6.92 Å². The molecule has 1 saturated carbocycles. The molecule has 2 aliphatic carbocycles. The lowest BCUT2D eigenvalue weighted by Gasteiger charge is -2.28. The highest BCUT2D eigenvalue weighted by molar-refractivity contribution is 6.04. The molecule has 0 aliphatic heterocycles. The first kappa shape index (κ1) is 12.8. The van der Waals surface area contributed by atoms with Gasteiger partial charge in [-0.15, -0.1) is 0 Å². The molecule has 1 heterocycles. The van der Waals surface area contributed by atoms with Crippen molar-refractivity contribution in [2.75, 3.05) is 0 Å². The van der Waals surface area contributed by atoms with Crippen molar-refractivity contribution < 1.29 is 13.6 Å². The minimum Gasteiger partial charge on any atom is -0.347 e. The highest BCUT2D eigenvalue weighted by Crippen LogP contribution is 2.39. The molecule has 0 aromatic carbocycles. The van der Waals surface area contributed by atoms with Gasteiger partial charge in [0.25, 0.3) is 0 Å². The second kappa shape index (κ2) is 4.43. The van der Waals surface area contributed by atoms with Crippen LogP contribution in [0.5, 0.6) is 0 Å². The van der Waals surface area contributed by atoms with E-state index in [1.807, 2.05) is 6.20 Å². The van der Waals surface area contributed by atoms with E-state index >= 15 is 0 Å². The second-order valence-corrected chi connectivity index (χ2v) is 5.87. The van der Waals surface area contributed by atoms with Crippen LogP contribution in [0.4, 0.5) is 8.78 Å². The third kappa shape index (κ3) is 2.01. The highest BCUT2D eigenvalue weighted by atomic mass is 19.3. The molecule has 1 aromatic heterocycles. The first-order valence-corrected chi connectivity index (χ1v) is 7.13. The van der Waals surface area contributed by atoms with Crippen LogP contribution in [0.3, 0.4) is 0 Å². The lowest BCUT2D eigenvalue weighted by molar-refractivity contribution is 0.00141. The Bertz CT molecular complexity index is 512. The maximum Gasteiger partial charge on any atom is 0.310 e. The largest absolute Gasteiger partial charge is 0.347 e. The van der Waals surface area contributed by atoms with Gasteiger partial charge < -0.3 is 4.57 Å². The summed E-state index contributed by atoms with van der Waals surface area (Å²) in [5, 5.41) is 0.